The van der Waals surface area contributed by atoms with Gasteiger partial charge in [-0.3, -0.25) is 0 Å². The van der Waals surface area contributed by atoms with Gasteiger partial charge in [-0.2, -0.15) is 0 Å². The summed E-state index contributed by atoms with van der Waals surface area (Å²) in [6.45, 7) is 4.69. The maximum absolute atomic E-state index is 6.86. The van der Waals surface area contributed by atoms with E-state index in [1.165, 1.54) is 49.5 Å². The highest BCUT2D eigenvalue weighted by molar-refractivity contribution is 6.20. The Balaban J connectivity index is 1.04. The first-order chi connectivity index (χ1) is 27.0. The lowest BCUT2D eigenvalue weighted by molar-refractivity contribution is 0.660. The Morgan fingerprint density at radius 2 is 0.982 bits per heavy atom. The van der Waals surface area contributed by atoms with Crippen LogP contribution in [0.3, 0.4) is 0 Å². The number of nitrogens with zero attached hydrogens (tertiary/aromatic N) is 1. The van der Waals surface area contributed by atoms with Crippen molar-refractivity contribution in [3.63, 3.8) is 0 Å². The minimum absolute atomic E-state index is 0.0820. The van der Waals surface area contributed by atoms with Gasteiger partial charge in [-0.1, -0.05) is 153 Å². The lowest BCUT2D eigenvalue weighted by Gasteiger charge is -2.28. The van der Waals surface area contributed by atoms with Crippen LogP contribution in [0.5, 0.6) is 0 Å². The molecular weight excluding hydrogens is 667 g/mol. The summed E-state index contributed by atoms with van der Waals surface area (Å²) >= 11 is 0. The molecule has 1 aliphatic rings. The minimum Gasteiger partial charge on any atom is -0.455 e. The summed E-state index contributed by atoms with van der Waals surface area (Å²) in [5, 5.41) is 7.01. The fraction of sp³-hybridized carbons (Fsp3) is 0.0566. The summed E-state index contributed by atoms with van der Waals surface area (Å²) in [6.07, 6.45) is 0. The molecule has 0 amide bonds. The van der Waals surface area contributed by atoms with Crippen LogP contribution in [0.4, 0.5) is 17.1 Å². The predicted octanol–water partition coefficient (Wildman–Crippen LogP) is 15.0. The largest absolute Gasteiger partial charge is 0.455 e. The summed E-state index contributed by atoms with van der Waals surface area (Å²) in [5.41, 5.74) is 15.2. The number of anilines is 3. The van der Waals surface area contributed by atoms with Crippen molar-refractivity contribution in [3.8, 4) is 33.4 Å². The number of hydrogen-bond donors (Lipinski definition) is 0. The SMILES string of the molecule is CC1(C)c2ccccc2-c2ccc(N(c3ccccc3)c3ccc(-c4cc5c6cccc(-c7ccc8ccccc8c7)c6oc5c5ccccc45)cc3)cc21. The summed E-state index contributed by atoms with van der Waals surface area (Å²) in [6, 6.07) is 68.3. The molecule has 0 N–H and O–H groups in total. The van der Waals surface area contributed by atoms with Gasteiger partial charge in [0, 0.05) is 44.2 Å². The third-order valence-electron chi connectivity index (χ3n) is 11.8. The molecule has 9 aromatic carbocycles. The third kappa shape index (κ3) is 4.88. The zero-order valence-electron chi connectivity index (χ0n) is 30.8. The molecule has 0 atom stereocenters. The Morgan fingerprint density at radius 1 is 0.364 bits per heavy atom. The Hall–Kier alpha value is -6.90. The van der Waals surface area contributed by atoms with Gasteiger partial charge >= 0.3 is 0 Å². The van der Waals surface area contributed by atoms with Crippen LogP contribution in [-0.4, -0.2) is 0 Å². The molecule has 0 saturated carbocycles. The standard InChI is InChI=1S/C53H37NO/c1-53(2)49-22-11-10-18-43(49)44-30-29-40(32-50(44)53)54(38-15-4-3-5-16-38)39-27-25-35(26-28-39)47-33-48-46-21-12-20-41(37-24-23-34-13-6-7-14-36(34)31-37)51(46)55-52(48)45-19-9-8-17-42(45)47/h3-33H,1-2H3. The van der Waals surface area contributed by atoms with E-state index in [1.807, 2.05) is 0 Å². The second kappa shape index (κ2) is 12.1. The molecule has 55 heavy (non-hydrogen) atoms. The van der Waals surface area contributed by atoms with E-state index in [0.717, 1.165) is 55.5 Å². The van der Waals surface area contributed by atoms with Crippen LogP contribution in [0.1, 0.15) is 25.0 Å². The van der Waals surface area contributed by atoms with Crippen LogP contribution in [0.15, 0.2) is 192 Å². The van der Waals surface area contributed by atoms with Gasteiger partial charge < -0.3 is 9.32 Å². The molecule has 0 radical (unpaired) electrons. The Labute approximate surface area is 320 Å². The van der Waals surface area contributed by atoms with Crippen molar-refractivity contribution in [1.29, 1.82) is 0 Å². The minimum atomic E-state index is -0.0820. The van der Waals surface area contributed by atoms with Gasteiger partial charge in [0.15, 0.2) is 0 Å². The first-order valence-electron chi connectivity index (χ1n) is 19.1. The monoisotopic (exact) mass is 703 g/mol. The number of hydrogen-bond acceptors (Lipinski definition) is 2. The van der Waals surface area contributed by atoms with E-state index in [4.69, 9.17) is 4.42 Å². The molecule has 0 bridgehead atoms. The van der Waals surface area contributed by atoms with Crippen molar-refractivity contribution in [2.75, 3.05) is 4.90 Å². The molecule has 0 fully saturated rings. The van der Waals surface area contributed by atoms with Crippen molar-refractivity contribution >= 4 is 60.5 Å². The molecule has 2 nitrogen and oxygen atoms in total. The van der Waals surface area contributed by atoms with E-state index in [1.54, 1.807) is 0 Å². The van der Waals surface area contributed by atoms with E-state index in [-0.39, 0.29) is 5.41 Å². The lowest BCUT2D eigenvalue weighted by Crippen LogP contribution is -2.16. The van der Waals surface area contributed by atoms with Crippen molar-refractivity contribution < 1.29 is 4.42 Å². The van der Waals surface area contributed by atoms with Crippen molar-refractivity contribution in [2.24, 2.45) is 0 Å². The maximum atomic E-state index is 6.86. The molecule has 0 spiro atoms. The summed E-state index contributed by atoms with van der Waals surface area (Å²) in [5.74, 6) is 0. The highest BCUT2D eigenvalue weighted by Gasteiger charge is 2.35. The first-order valence-corrected chi connectivity index (χ1v) is 19.1. The molecule has 1 aliphatic carbocycles. The van der Waals surface area contributed by atoms with Crippen LogP contribution in [0.25, 0.3) is 76.9 Å². The van der Waals surface area contributed by atoms with Gasteiger partial charge in [-0.05, 0) is 104 Å². The van der Waals surface area contributed by atoms with Crippen molar-refractivity contribution in [1.82, 2.24) is 0 Å². The van der Waals surface area contributed by atoms with E-state index >= 15 is 0 Å². The van der Waals surface area contributed by atoms with Crippen LogP contribution in [0, 0.1) is 0 Å². The smallest absolute Gasteiger partial charge is 0.143 e. The molecule has 1 aromatic heterocycles. The van der Waals surface area contributed by atoms with Gasteiger partial charge in [0.2, 0.25) is 0 Å². The van der Waals surface area contributed by atoms with Crippen molar-refractivity contribution in [2.45, 2.75) is 19.3 Å². The van der Waals surface area contributed by atoms with Crippen LogP contribution >= 0.6 is 0 Å². The molecule has 260 valence electrons. The second-order valence-corrected chi connectivity index (χ2v) is 15.3. The van der Waals surface area contributed by atoms with E-state index < -0.39 is 0 Å². The molecule has 1 heterocycles. The molecule has 2 heteroatoms. The zero-order valence-corrected chi connectivity index (χ0v) is 30.8. The summed E-state index contributed by atoms with van der Waals surface area (Å²) in [7, 11) is 0. The normalized spacial score (nSPS) is 13.1. The first kappa shape index (κ1) is 31.6. The van der Waals surface area contributed by atoms with Crippen LogP contribution in [0.2, 0.25) is 0 Å². The number of rotatable bonds is 5. The summed E-state index contributed by atoms with van der Waals surface area (Å²) in [4.78, 5) is 2.38. The number of fused-ring (bicyclic) bond motifs is 9. The number of para-hydroxylation sites is 2. The number of furan rings is 1. The van der Waals surface area contributed by atoms with Gasteiger partial charge in [0.1, 0.15) is 11.2 Å². The Bertz CT molecular complexity index is 3110. The summed E-state index contributed by atoms with van der Waals surface area (Å²) < 4.78 is 6.86. The Morgan fingerprint density at radius 3 is 1.84 bits per heavy atom. The topological polar surface area (TPSA) is 16.4 Å². The lowest BCUT2D eigenvalue weighted by atomic mass is 9.82. The van der Waals surface area contributed by atoms with E-state index in [0.29, 0.717) is 0 Å². The fourth-order valence-electron chi connectivity index (χ4n) is 9.09. The molecule has 10 aromatic rings. The molecule has 0 saturated heterocycles. The highest BCUT2D eigenvalue weighted by Crippen LogP contribution is 2.51. The number of benzene rings is 9. The quantitative estimate of drug-likeness (QED) is 0.177. The van der Waals surface area contributed by atoms with E-state index in [2.05, 4.69) is 207 Å². The fourth-order valence-corrected chi connectivity index (χ4v) is 9.09. The van der Waals surface area contributed by atoms with Crippen molar-refractivity contribution in [3.05, 3.63) is 199 Å². The molecule has 0 aliphatic heterocycles. The van der Waals surface area contributed by atoms with Gasteiger partial charge in [0.05, 0.1) is 0 Å². The maximum Gasteiger partial charge on any atom is 0.143 e. The molecule has 0 unspecified atom stereocenters. The highest BCUT2D eigenvalue weighted by atomic mass is 16.3. The van der Waals surface area contributed by atoms with Crippen LogP contribution < -0.4 is 4.90 Å². The van der Waals surface area contributed by atoms with Gasteiger partial charge in [-0.25, -0.2) is 0 Å². The zero-order chi connectivity index (χ0) is 36.7. The second-order valence-electron chi connectivity index (χ2n) is 15.3. The molecule has 11 rings (SSSR count). The third-order valence-corrected chi connectivity index (χ3v) is 11.8. The Kier molecular flexibility index (Phi) is 6.93. The van der Waals surface area contributed by atoms with Gasteiger partial charge in [-0.15, -0.1) is 0 Å². The average Bonchev–Trinajstić information content (AvgIpc) is 3.73. The average molecular weight is 704 g/mol. The molecular formula is C53H37NO. The van der Waals surface area contributed by atoms with Crippen LogP contribution in [-0.2, 0) is 5.41 Å². The predicted molar refractivity (Wildman–Crippen MR) is 232 cm³/mol. The van der Waals surface area contributed by atoms with E-state index in [9.17, 15) is 0 Å². The van der Waals surface area contributed by atoms with Gasteiger partial charge in [0.25, 0.3) is 0 Å².